The SMILES string of the molecule is CCC(C)n1ccc(CNC(C)CCBr)n1. The maximum atomic E-state index is 4.56. The molecule has 1 aromatic rings. The van der Waals surface area contributed by atoms with Gasteiger partial charge in [0, 0.05) is 30.2 Å². The smallest absolute Gasteiger partial charge is 0.0762 e. The summed E-state index contributed by atoms with van der Waals surface area (Å²) in [5, 5.41) is 9.06. The minimum Gasteiger partial charge on any atom is -0.309 e. The Labute approximate surface area is 107 Å². The van der Waals surface area contributed by atoms with E-state index in [9.17, 15) is 0 Å². The van der Waals surface area contributed by atoms with E-state index in [2.05, 4.69) is 59.4 Å². The van der Waals surface area contributed by atoms with Gasteiger partial charge in [-0.2, -0.15) is 5.10 Å². The summed E-state index contributed by atoms with van der Waals surface area (Å²) in [5.74, 6) is 0. The summed E-state index contributed by atoms with van der Waals surface area (Å²) in [6, 6.07) is 3.13. The van der Waals surface area contributed by atoms with Gasteiger partial charge in [-0.05, 0) is 32.8 Å². The fourth-order valence-electron chi connectivity index (χ4n) is 1.45. The molecule has 0 aromatic carbocycles. The normalized spacial score (nSPS) is 15.0. The molecule has 16 heavy (non-hydrogen) atoms. The molecule has 0 bridgehead atoms. The molecule has 0 aliphatic heterocycles. The van der Waals surface area contributed by atoms with Crippen molar-refractivity contribution in [3.63, 3.8) is 0 Å². The first kappa shape index (κ1) is 13.7. The molecule has 1 rings (SSSR count). The lowest BCUT2D eigenvalue weighted by Gasteiger charge is -2.11. The summed E-state index contributed by atoms with van der Waals surface area (Å²) >= 11 is 3.45. The van der Waals surface area contributed by atoms with Crippen molar-refractivity contribution in [3.05, 3.63) is 18.0 Å². The van der Waals surface area contributed by atoms with E-state index in [4.69, 9.17) is 0 Å². The summed E-state index contributed by atoms with van der Waals surface area (Å²) in [5.41, 5.74) is 1.13. The number of halogens is 1. The van der Waals surface area contributed by atoms with Crippen LogP contribution in [0.4, 0.5) is 0 Å². The molecule has 0 spiro atoms. The summed E-state index contributed by atoms with van der Waals surface area (Å²) in [6.07, 6.45) is 4.33. The Bertz CT molecular complexity index is 298. The van der Waals surface area contributed by atoms with Crippen LogP contribution in [-0.2, 0) is 6.54 Å². The summed E-state index contributed by atoms with van der Waals surface area (Å²) < 4.78 is 2.05. The van der Waals surface area contributed by atoms with Crippen molar-refractivity contribution in [1.82, 2.24) is 15.1 Å². The molecule has 1 aromatic heterocycles. The molecule has 1 heterocycles. The van der Waals surface area contributed by atoms with Gasteiger partial charge in [-0.3, -0.25) is 4.68 Å². The summed E-state index contributed by atoms with van der Waals surface area (Å²) in [6.45, 7) is 7.44. The second kappa shape index (κ2) is 7.07. The molecule has 1 N–H and O–H groups in total. The van der Waals surface area contributed by atoms with Gasteiger partial charge in [-0.1, -0.05) is 22.9 Å². The minimum atomic E-state index is 0.494. The molecular formula is C12H22BrN3. The van der Waals surface area contributed by atoms with Crippen LogP contribution in [0.15, 0.2) is 12.3 Å². The van der Waals surface area contributed by atoms with Gasteiger partial charge in [0.15, 0.2) is 0 Å². The Morgan fingerprint density at radius 2 is 2.25 bits per heavy atom. The Kier molecular flexibility index (Phi) is 6.06. The second-order valence-electron chi connectivity index (χ2n) is 4.30. The van der Waals surface area contributed by atoms with Gasteiger partial charge in [-0.15, -0.1) is 0 Å². The molecule has 0 saturated heterocycles. The van der Waals surface area contributed by atoms with Crippen LogP contribution in [0.25, 0.3) is 0 Å². The third kappa shape index (κ3) is 4.26. The first-order valence-corrected chi connectivity index (χ1v) is 7.12. The number of rotatable bonds is 7. The Hall–Kier alpha value is -0.350. The fourth-order valence-corrected chi connectivity index (χ4v) is 2.14. The van der Waals surface area contributed by atoms with E-state index in [0.717, 1.165) is 30.4 Å². The molecule has 0 saturated carbocycles. The van der Waals surface area contributed by atoms with E-state index in [0.29, 0.717) is 12.1 Å². The first-order valence-electron chi connectivity index (χ1n) is 6.00. The van der Waals surface area contributed by atoms with Gasteiger partial charge in [0.05, 0.1) is 5.69 Å². The van der Waals surface area contributed by atoms with Gasteiger partial charge in [0.2, 0.25) is 0 Å². The lowest BCUT2D eigenvalue weighted by molar-refractivity contribution is 0.466. The molecule has 0 aliphatic carbocycles. The van der Waals surface area contributed by atoms with Crippen LogP contribution in [-0.4, -0.2) is 21.2 Å². The lowest BCUT2D eigenvalue weighted by Crippen LogP contribution is -2.26. The number of hydrogen-bond donors (Lipinski definition) is 1. The van der Waals surface area contributed by atoms with Crippen LogP contribution in [0.5, 0.6) is 0 Å². The van der Waals surface area contributed by atoms with Crippen molar-refractivity contribution in [2.45, 2.75) is 52.2 Å². The fraction of sp³-hybridized carbons (Fsp3) is 0.750. The summed E-state index contributed by atoms with van der Waals surface area (Å²) in [7, 11) is 0. The van der Waals surface area contributed by atoms with Crippen molar-refractivity contribution in [1.29, 1.82) is 0 Å². The predicted molar refractivity (Wildman–Crippen MR) is 71.9 cm³/mol. The van der Waals surface area contributed by atoms with Crippen molar-refractivity contribution < 1.29 is 0 Å². The topological polar surface area (TPSA) is 29.9 Å². The molecule has 4 heteroatoms. The number of nitrogens with zero attached hydrogens (tertiary/aromatic N) is 2. The van der Waals surface area contributed by atoms with Gasteiger partial charge in [-0.25, -0.2) is 0 Å². The third-order valence-corrected chi connectivity index (χ3v) is 3.34. The second-order valence-corrected chi connectivity index (χ2v) is 5.10. The Balaban J connectivity index is 2.40. The average Bonchev–Trinajstić information content (AvgIpc) is 2.74. The largest absolute Gasteiger partial charge is 0.309 e. The van der Waals surface area contributed by atoms with Crippen molar-refractivity contribution in [3.8, 4) is 0 Å². The number of alkyl halides is 1. The van der Waals surface area contributed by atoms with Crippen LogP contribution in [0.3, 0.4) is 0 Å². The highest BCUT2D eigenvalue weighted by Crippen LogP contribution is 2.09. The van der Waals surface area contributed by atoms with Gasteiger partial charge in [0.25, 0.3) is 0 Å². The third-order valence-electron chi connectivity index (χ3n) is 2.88. The van der Waals surface area contributed by atoms with Gasteiger partial charge < -0.3 is 5.32 Å². The molecule has 0 aliphatic rings. The zero-order valence-electron chi connectivity index (χ0n) is 10.4. The predicted octanol–water partition coefficient (Wildman–Crippen LogP) is 3.12. The number of nitrogens with one attached hydrogen (secondary N) is 1. The lowest BCUT2D eigenvalue weighted by atomic mass is 10.2. The van der Waals surface area contributed by atoms with Crippen LogP contribution in [0.2, 0.25) is 0 Å². The quantitative estimate of drug-likeness (QED) is 0.781. The van der Waals surface area contributed by atoms with E-state index in [1.165, 1.54) is 0 Å². The van der Waals surface area contributed by atoms with Crippen LogP contribution in [0.1, 0.15) is 45.3 Å². The highest BCUT2D eigenvalue weighted by atomic mass is 79.9. The highest BCUT2D eigenvalue weighted by Gasteiger charge is 2.05. The molecule has 2 atom stereocenters. The van der Waals surface area contributed by atoms with Crippen molar-refractivity contribution in [2.24, 2.45) is 0 Å². The minimum absolute atomic E-state index is 0.494. The monoisotopic (exact) mass is 287 g/mol. The van der Waals surface area contributed by atoms with E-state index < -0.39 is 0 Å². The van der Waals surface area contributed by atoms with Crippen LogP contribution >= 0.6 is 15.9 Å². The molecule has 0 amide bonds. The van der Waals surface area contributed by atoms with Gasteiger partial charge >= 0.3 is 0 Å². The van der Waals surface area contributed by atoms with E-state index in [1.54, 1.807) is 0 Å². The maximum Gasteiger partial charge on any atom is 0.0762 e. The van der Waals surface area contributed by atoms with E-state index >= 15 is 0 Å². The Morgan fingerprint density at radius 1 is 1.50 bits per heavy atom. The molecular weight excluding hydrogens is 266 g/mol. The number of hydrogen-bond acceptors (Lipinski definition) is 2. The van der Waals surface area contributed by atoms with Crippen LogP contribution < -0.4 is 5.32 Å². The number of aromatic nitrogens is 2. The maximum absolute atomic E-state index is 4.56. The summed E-state index contributed by atoms with van der Waals surface area (Å²) in [4.78, 5) is 0. The molecule has 92 valence electrons. The average molecular weight is 288 g/mol. The molecule has 3 nitrogen and oxygen atoms in total. The molecule has 0 fully saturated rings. The van der Waals surface area contributed by atoms with Crippen molar-refractivity contribution in [2.75, 3.05) is 5.33 Å². The molecule has 2 unspecified atom stereocenters. The van der Waals surface area contributed by atoms with Crippen molar-refractivity contribution >= 4 is 15.9 Å². The zero-order valence-corrected chi connectivity index (χ0v) is 12.0. The zero-order chi connectivity index (χ0) is 12.0. The van der Waals surface area contributed by atoms with E-state index in [1.807, 2.05) is 4.68 Å². The standard InChI is InChI=1S/C12H22BrN3/c1-4-11(3)16-8-6-12(15-16)9-14-10(2)5-7-13/h6,8,10-11,14H,4-5,7,9H2,1-3H3. The first-order chi connectivity index (χ1) is 7.67. The Morgan fingerprint density at radius 3 is 2.88 bits per heavy atom. The van der Waals surface area contributed by atoms with E-state index in [-0.39, 0.29) is 0 Å². The van der Waals surface area contributed by atoms with Gasteiger partial charge in [0.1, 0.15) is 0 Å². The van der Waals surface area contributed by atoms with Crippen LogP contribution in [0, 0.1) is 0 Å². The highest BCUT2D eigenvalue weighted by molar-refractivity contribution is 9.09. The molecule has 0 radical (unpaired) electrons.